The number of likely N-dealkylation sites (tertiary alicyclic amines) is 1. The van der Waals surface area contributed by atoms with Crippen molar-refractivity contribution in [3.8, 4) is 0 Å². The number of esters is 1. The molecule has 0 aromatic rings. The van der Waals surface area contributed by atoms with Crippen molar-refractivity contribution < 1.29 is 9.53 Å². The lowest BCUT2D eigenvalue weighted by Crippen LogP contribution is -2.47. The van der Waals surface area contributed by atoms with Crippen molar-refractivity contribution in [2.75, 3.05) is 19.6 Å². The average molecular weight is 335 g/mol. The molecular formula is C19H33N3O2. The number of allylic oxidation sites excluding steroid dienone is 2. The van der Waals surface area contributed by atoms with E-state index in [0.717, 1.165) is 38.0 Å². The molecule has 1 aliphatic carbocycles. The van der Waals surface area contributed by atoms with Gasteiger partial charge in [0.1, 0.15) is 5.60 Å². The number of nitrogens with two attached hydrogens (primary N) is 1. The van der Waals surface area contributed by atoms with E-state index in [4.69, 9.17) is 10.5 Å². The molecule has 0 amide bonds. The molecule has 24 heavy (non-hydrogen) atoms. The smallest absolute Gasteiger partial charge is 0.320 e. The summed E-state index contributed by atoms with van der Waals surface area (Å²) in [6, 6.07) is 0.511. The fourth-order valence-electron chi connectivity index (χ4n) is 3.24. The molecule has 0 bridgehead atoms. The fourth-order valence-corrected chi connectivity index (χ4v) is 3.24. The van der Waals surface area contributed by atoms with Gasteiger partial charge in [0.05, 0.1) is 6.54 Å². The molecular weight excluding hydrogens is 302 g/mol. The number of carbonyl (C=O) groups excluding carboxylic acids is 1. The molecule has 0 aromatic heterocycles. The van der Waals surface area contributed by atoms with E-state index >= 15 is 0 Å². The van der Waals surface area contributed by atoms with Gasteiger partial charge < -0.3 is 15.8 Å². The second kappa shape index (κ2) is 7.70. The third kappa shape index (κ3) is 5.64. The average Bonchev–Trinajstić information content (AvgIpc) is 2.44. The van der Waals surface area contributed by atoms with Gasteiger partial charge in [0.15, 0.2) is 0 Å². The van der Waals surface area contributed by atoms with E-state index in [1.807, 2.05) is 20.8 Å². The van der Waals surface area contributed by atoms with E-state index in [0.29, 0.717) is 12.6 Å². The van der Waals surface area contributed by atoms with Crippen molar-refractivity contribution in [1.82, 2.24) is 10.2 Å². The number of carbonyl (C=O) groups is 1. The molecule has 1 fully saturated rings. The molecule has 1 atom stereocenters. The molecule has 0 radical (unpaired) electrons. The molecule has 2 rings (SSSR count). The predicted molar refractivity (Wildman–Crippen MR) is 97.5 cm³/mol. The molecule has 2 aliphatic rings. The Bertz CT molecular complexity index is 523. The predicted octanol–water partition coefficient (Wildman–Crippen LogP) is 2.33. The highest BCUT2D eigenvalue weighted by Gasteiger charge is 2.25. The molecule has 1 unspecified atom stereocenters. The number of nitrogens with one attached hydrogen (secondary N) is 1. The SMILES string of the molecule is CC1=C(C)CC(N)C(NC2CCN(CC(=O)OC(C)(C)C)CC2)=C1. The van der Waals surface area contributed by atoms with Crippen LogP contribution in [0.4, 0.5) is 0 Å². The second-order valence-corrected chi connectivity index (χ2v) is 8.15. The first kappa shape index (κ1) is 19.0. The van der Waals surface area contributed by atoms with Crippen molar-refractivity contribution in [3.63, 3.8) is 0 Å². The van der Waals surface area contributed by atoms with Crippen LogP contribution >= 0.6 is 0 Å². The zero-order chi connectivity index (χ0) is 17.9. The summed E-state index contributed by atoms with van der Waals surface area (Å²) in [5.41, 5.74) is 9.70. The molecule has 1 saturated heterocycles. The highest BCUT2D eigenvalue weighted by Crippen LogP contribution is 2.23. The maximum absolute atomic E-state index is 11.9. The molecule has 136 valence electrons. The van der Waals surface area contributed by atoms with Crippen molar-refractivity contribution in [2.24, 2.45) is 5.73 Å². The van der Waals surface area contributed by atoms with E-state index in [-0.39, 0.29) is 12.0 Å². The normalized spacial score (nSPS) is 23.9. The van der Waals surface area contributed by atoms with Gasteiger partial charge >= 0.3 is 5.97 Å². The van der Waals surface area contributed by atoms with Crippen molar-refractivity contribution >= 4 is 5.97 Å². The van der Waals surface area contributed by atoms with Gasteiger partial charge in [-0.15, -0.1) is 0 Å². The van der Waals surface area contributed by atoms with E-state index in [1.165, 1.54) is 11.1 Å². The largest absolute Gasteiger partial charge is 0.459 e. The number of piperidine rings is 1. The number of rotatable bonds is 4. The highest BCUT2D eigenvalue weighted by molar-refractivity contribution is 5.72. The third-order valence-electron chi connectivity index (χ3n) is 4.70. The van der Waals surface area contributed by atoms with Crippen LogP contribution in [0.5, 0.6) is 0 Å². The topological polar surface area (TPSA) is 67.6 Å². The number of hydrogen-bond donors (Lipinski definition) is 2. The first-order chi connectivity index (χ1) is 11.1. The van der Waals surface area contributed by atoms with Gasteiger partial charge in [-0.25, -0.2) is 0 Å². The van der Waals surface area contributed by atoms with Crippen LogP contribution < -0.4 is 11.1 Å². The Kier molecular flexibility index (Phi) is 6.10. The molecule has 5 nitrogen and oxygen atoms in total. The summed E-state index contributed by atoms with van der Waals surface area (Å²) >= 11 is 0. The molecule has 3 N–H and O–H groups in total. The van der Waals surface area contributed by atoms with E-state index in [9.17, 15) is 4.79 Å². The van der Waals surface area contributed by atoms with Crippen LogP contribution in [-0.2, 0) is 9.53 Å². The van der Waals surface area contributed by atoms with Gasteiger partial charge in [-0.05, 0) is 60.0 Å². The summed E-state index contributed by atoms with van der Waals surface area (Å²) in [4.78, 5) is 14.1. The Morgan fingerprint density at radius 1 is 1.33 bits per heavy atom. The van der Waals surface area contributed by atoms with Gasteiger partial charge in [0.2, 0.25) is 0 Å². The highest BCUT2D eigenvalue weighted by atomic mass is 16.6. The van der Waals surface area contributed by atoms with Crippen LogP contribution in [0.1, 0.15) is 53.9 Å². The quantitative estimate of drug-likeness (QED) is 0.772. The Labute approximate surface area is 146 Å². The van der Waals surface area contributed by atoms with E-state index in [1.54, 1.807) is 0 Å². The summed E-state index contributed by atoms with van der Waals surface area (Å²) in [5, 5.41) is 3.63. The third-order valence-corrected chi connectivity index (χ3v) is 4.70. The lowest BCUT2D eigenvalue weighted by atomic mass is 9.93. The van der Waals surface area contributed by atoms with Crippen molar-refractivity contribution in [1.29, 1.82) is 0 Å². The standard InChI is InChI=1S/C19H33N3O2/c1-13-10-16(20)17(11-14(13)2)21-15-6-8-22(9-7-15)12-18(23)24-19(3,4)5/h11,15-16,21H,6-10,12,20H2,1-5H3. The Balaban J connectivity index is 1.79. The minimum Gasteiger partial charge on any atom is -0.459 e. The van der Waals surface area contributed by atoms with Crippen LogP contribution in [0, 0.1) is 0 Å². The van der Waals surface area contributed by atoms with Gasteiger partial charge in [-0.1, -0.05) is 11.1 Å². The maximum Gasteiger partial charge on any atom is 0.320 e. The zero-order valence-electron chi connectivity index (χ0n) is 15.8. The number of nitrogens with zero attached hydrogens (tertiary/aromatic N) is 1. The summed E-state index contributed by atoms with van der Waals surface area (Å²) < 4.78 is 5.40. The van der Waals surface area contributed by atoms with Crippen molar-refractivity contribution in [2.45, 2.75) is 71.6 Å². The summed E-state index contributed by atoms with van der Waals surface area (Å²) in [6.07, 6.45) is 5.17. The molecule has 0 saturated carbocycles. The first-order valence-corrected chi connectivity index (χ1v) is 8.98. The van der Waals surface area contributed by atoms with Crippen LogP contribution in [0.25, 0.3) is 0 Å². The first-order valence-electron chi connectivity index (χ1n) is 8.98. The number of ether oxygens (including phenoxy) is 1. The van der Waals surface area contributed by atoms with Crippen LogP contribution in [0.2, 0.25) is 0 Å². The summed E-state index contributed by atoms with van der Waals surface area (Å²) in [5.74, 6) is -0.137. The van der Waals surface area contributed by atoms with Crippen molar-refractivity contribution in [3.05, 3.63) is 22.9 Å². The Morgan fingerprint density at radius 2 is 1.96 bits per heavy atom. The van der Waals surface area contributed by atoms with E-state index < -0.39 is 5.60 Å². The number of hydrogen-bond acceptors (Lipinski definition) is 5. The molecule has 0 spiro atoms. The maximum atomic E-state index is 11.9. The van der Waals surface area contributed by atoms with Gasteiger partial charge in [0, 0.05) is 30.9 Å². The van der Waals surface area contributed by atoms with Gasteiger partial charge in [0.25, 0.3) is 0 Å². The Hall–Kier alpha value is -1.33. The van der Waals surface area contributed by atoms with Gasteiger partial charge in [-0.2, -0.15) is 0 Å². The minimum atomic E-state index is -0.413. The van der Waals surface area contributed by atoms with Gasteiger partial charge in [-0.3, -0.25) is 9.69 Å². The zero-order valence-corrected chi connectivity index (χ0v) is 15.8. The summed E-state index contributed by atoms with van der Waals surface area (Å²) in [7, 11) is 0. The van der Waals surface area contributed by atoms with Crippen LogP contribution in [-0.4, -0.2) is 48.2 Å². The fraction of sp³-hybridized carbons (Fsp3) is 0.737. The molecule has 5 heteroatoms. The van der Waals surface area contributed by atoms with E-state index in [2.05, 4.69) is 30.1 Å². The van der Waals surface area contributed by atoms with Crippen LogP contribution in [0.15, 0.2) is 22.9 Å². The molecule has 1 aliphatic heterocycles. The lowest BCUT2D eigenvalue weighted by molar-refractivity contribution is -0.156. The lowest BCUT2D eigenvalue weighted by Gasteiger charge is -2.35. The molecule has 1 heterocycles. The monoisotopic (exact) mass is 335 g/mol. The minimum absolute atomic E-state index is 0.0773. The second-order valence-electron chi connectivity index (χ2n) is 8.15. The summed E-state index contributed by atoms with van der Waals surface area (Å²) in [6.45, 7) is 12.2. The molecule has 0 aromatic carbocycles. The van der Waals surface area contributed by atoms with Crippen LogP contribution in [0.3, 0.4) is 0 Å². The Morgan fingerprint density at radius 3 is 2.54 bits per heavy atom.